The summed E-state index contributed by atoms with van der Waals surface area (Å²) in [6.45, 7) is 3.74. The maximum absolute atomic E-state index is 16.1. The third-order valence-corrected chi connectivity index (χ3v) is 7.54. The van der Waals surface area contributed by atoms with E-state index in [0.717, 1.165) is 18.9 Å². The highest BCUT2D eigenvalue weighted by molar-refractivity contribution is 6.36. The fraction of sp³-hybridized carbons (Fsp3) is 0.435. The Labute approximate surface area is 202 Å². The standard InChI is InChI=1S/C23H21ClF4N6O/c1-8-5-12(29)33-18(15(8)23(26,27)28)13-16(24)21-14-19(17(13)25)30-7-31-22(14)34-6-10-3-4-11(32-10)20(34)9(2)35-21/h5,7,9-11,20,32H,3-4,6H2,1-2H3,(H2,29,33)/t9-,10+,11-,20+/m0/s1. The van der Waals surface area contributed by atoms with E-state index in [1.807, 2.05) is 6.92 Å². The lowest BCUT2D eigenvalue weighted by Gasteiger charge is -2.42. The van der Waals surface area contributed by atoms with Crippen LogP contribution in [0.2, 0.25) is 5.02 Å². The Hall–Kier alpha value is -2.92. The van der Waals surface area contributed by atoms with E-state index in [4.69, 9.17) is 22.1 Å². The first-order chi connectivity index (χ1) is 16.6. The van der Waals surface area contributed by atoms with Gasteiger partial charge in [0.1, 0.15) is 29.6 Å². The first-order valence-electron chi connectivity index (χ1n) is 11.3. The minimum atomic E-state index is -4.82. The second kappa shape index (κ2) is 7.54. The molecule has 35 heavy (non-hydrogen) atoms. The molecule has 2 saturated heterocycles. The largest absolute Gasteiger partial charge is 0.486 e. The molecule has 0 unspecified atom stereocenters. The number of fused-ring (bicyclic) bond motifs is 5. The number of benzene rings is 1. The first-order valence-corrected chi connectivity index (χ1v) is 11.6. The van der Waals surface area contributed by atoms with Gasteiger partial charge in [0, 0.05) is 18.6 Å². The van der Waals surface area contributed by atoms with Crippen molar-refractivity contribution in [1.29, 1.82) is 0 Å². The molecular formula is C23H21ClF4N6O. The molecule has 0 aliphatic carbocycles. The third-order valence-electron chi connectivity index (χ3n) is 7.18. The molecule has 2 bridgehead atoms. The number of piperazine rings is 1. The number of nitrogens with one attached hydrogen (secondary N) is 1. The number of aromatic nitrogens is 3. The Balaban J connectivity index is 1.67. The Kier molecular flexibility index (Phi) is 4.85. The van der Waals surface area contributed by atoms with Gasteiger partial charge in [-0.2, -0.15) is 13.2 Å². The van der Waals surface area contributed by atoms with Crippen LogP contribution in [0, 0.1) is 12.7 Å². The van der Waals surface area contributed by atoms with E-state index in [-0.39, 0.29) is 51.2 Å². The van der Waals surface area contributed by atoms with Gasteiger partial charge in [-0.25, -0.2) is 19.3 Å². The smallest absolute Gasteiger partial charge is 0.418 e. The van der Waals surface area contributed by atoms with Crippen LogP contribution >= 0.6 is 11.6 Å². The molecule has 0 saturated carbocycles. The van der Waals surface area contributed by atoms with E-state index in [1.54, 1.807) is 0 Å². The molecule has 3 aliphatic rings. The SMILES string of the molecule is Cc1cc(N)nc(-c2c(Cl)c3c4c(ncnc4c2F)N2C[C@H]4CC[C@H](N4)[C@H]2[C@H](C)O3)c1C(F)(F)F. The fourth-order valence-corrected chi connectivity index (χ4v) is 6.18. The molecule has 2 fully saturated rings. The van der Waals surface area contributed by atoms with Crippen molar-refractivity contribution < 1.29 is 22.3 Å². The molecule has 2 aromatic heterocycles. The lowest BCUT2D eigenvalue weighted by Crippen LogP contribution is -2.62. The van der Waals surface area contributed by atoms with Gasteiger partial charge in [-0.15, -0.1) is 0 Å². The zero-order valence-corrected chi connectivity index (χ0v) is 19.5. The van der Waals surface area contributed by atoms with Crippen molar-refractivity contribution >= 4 is 34.1 Å². The first kappa shape index (κ1) is 22.5. The van der Waals surface area contributed by atoms with Gasteiger partial charge in [0.2, 0.25) is 0 Å². The van der Waals surface area contributed by atoms with Crippen molar-refractivity contribution in [3.63, 3.8) is 0 Å². The second-order valence-electron chi connectivity index (χ2n) is 9.35. The summed E-state index contributed by atoms with van der Waals surface area (Å²) in [6, 6.07) is 1.34. The van der Waals surface area contributed by atoms with E-state index in [9.17, 15) is 13.2 Å². The fourth-order valence-electron chi connectivity index (χ4n) is 5.87. The maximum atomic E-state index is 16.1. The van der Waals surface area contributed by atoms with Crippen LogP contribution in [0.4, 0.5) is 29.2 Å². The number of anilines is 2. The van der Waals surface area contributed by atoms with Gasteiger partial charge in [0.05, 0.1) is 33.3 Å². The summed E-state index contributed by atoms with van der Waals surface area (Å²) in [6.07, 6.45) is -2.09. The van der Waals surface area contributed by atoms with E-state index in [1.165, 1.54) is 13.3 Å². The number of pyridine rings is 1. The third kappa shape index (κ3) is 3.24. The topological polar surface area (TPSA) is 89.2 Å². The summed E-state index contributed by atoms with van der Waals surface area (Å²) in [5, 5.41) is 3.50. The summed E-state index contributed by atoms with van der Waals surface area (Å²) in [5.41, 5.74) is 3.03. The number of hydrogen-bond acceptors (Lipinski definition) is 7. The molecule has 6 rings (SSSR count). The number of rotatable bonds is 1. The molecule has 0 amide bonds. The average Bonchev–Trinajstić information content (AvgIpc) is 3.08. The van der Waals surface area contributed by atoms with E-state index >= 15 is 4.39 Å². The van der Waals surface area contributed by atoms with Gasteiger partial charge < -0.3 is 20.7 Å². The summed E-state index contributed by atoms with van der Waals surface area (Å²) in [7, 11) is 0. The van der Waals surface area contributed by atoms with Gasteiger partial charge in [0.15, 0.2) is 11.6 Å². The van der Waals surface area contributed by atoms with Crippen molar-refractivity contribution in [1.82, 2.24) is 20.3 Å². The zero-order valence-electron chi connectivity index (χ0n) is 18.7. The number of aryl methyl sites for hydroxylation is 1. The van der Waals surface area contributed by atoms with Crippen LogP contribution in [0.1, 0.15) is 30.9 Å². The van der Waals surface area contributed by atoms with Crippen molar-refractivity contribution in [3.05, 3.63) is 34.4 Å². The Morgan fingerprint density at radius 3 is 2.77 bits per heavy atom. The van der Waals surface area contributed by atoms with Crippen LogP contribution in [-0.2, 0) is 6.18 Å². The van der Waals surface area contributed by atoms with Gasteiger partial charge in [0.25, 0.3) is 0 Å². The molecule has 12 heteroatoms. The molecule has 3 N–H and O–H groups in total. The minimum absolute atomic E-state index is 0.0430. The van der Waals surface area contributed by atoms with Crippen molar-refractivity contribution in [2.24, 2.45) is 0 Å². The number of nitrogens with zero attached hydrogens (tertiary/aromatic N) is 4. The van der Waals surface area contributed by atoms with Crippen LogP contribution in [0.5, 0.6) is 5.75 Å². The number of halogens is 5. The van der Waals surface area contributed by atoms with Crippen LogP contribution in [0.15, 0.2) is 12.4 Å². The van der Waals surface area contributed by atoms with Gasteiger partial charge in [-0.05, 0) is 38.3 Å². The highest BCUT2D eigenvalue weighted by Crippen LogP contribution is 2.51. The predicted octanol–water partition coefficient (Wildman–Crippen LogP) is 4.48. The molecule has 3 aliphatic heterocycles. The maximum Gasteiger partial charge on any atom is 0.418 e. The van der Waals surface area contributed by atoms with Crippen LogP contribution < -0.4 is 20.7 Å². The van der Waals surface area contributed by atoms with Crippen molar-refractivity contribution in [3.8, 4) is 17.0 Å². The molecule has 5 heterocycles. The highest BCUT2D eigenvalue weighted by atomic mass is 35.5. The van der Waals surface area contributed by atoms with Gasteiger partial charge >= 0.3 is 6.18 Å². The average molecular weight is 509 g/mol. The molecule has 184 valence electrons. The Bertz CT molecular complexity index is 1380. The summed E-state index contributed by atoms with van der Waals surface area (Å²) < 4.78 is 64.5. The summed E-state index contributed by atoms with van der Waals surface area (Å²) in [5.74, 6) is -0.726. The van der Waals surface area contributed by atoms with Crippen molar-refractivity contribution in [2.45, 2.75) is 57.1 Å². The van der Waals surface area contributed by atoms with Crippen molar-refractivity contribution in [2.75, 3.05) is 17.2 Å². The van der Waals surface area contributed by atoms with Crippen LogP contribution in [-0.4, -0.2) is 45.7 Å². The molecule has 0 spiro atoms. The number of nitrogen functional groups attached to an aromatic ring is 1. The molecular weight excluding hydrogens is 488 g/mol. The molecule has 7 nitrogen and oxygen atoms in total. The lowest BCUT2D eigenvalue weighted by molar-refractivity contribution is -0.137. The lowest BCUT2D eigenvalue weighted by atomic mass is 9.98. The number of alkyl halides is 3. The van der Waals surface area contributed by atoms with Gasteiger partial charge in [-0.1, -0.05) is 11.6 Å². The van der Waals surface area contributed by atoms with E-state index < -0.39 is 34.9 Å². The predicted molar refractivity (Wildman–Crippen MR) is 123 cm³/mol. The quantitative estimate of drug-likeness (QED) is 0.468. The Morgan fingerprint density at radius 2 is 2.03 bits per heavy atom. The molecule has 1 aromatic carbocycles. The second-order valence-corrected chi connectivity index (χ2v) is 9.73. The number of ether oxygens (including phenoxy) is 1. The summed E-state index contributed by atoms with van der Waals surface area (Å²) in [4.78, 5) is 14.5. The van der Waals surface area contributed by atoms with Gasteiger partial charge in [-0.3, -0.25) is 0 Å². The van der Waals surface area contributed by atoms with Crippen LogP contribution in [0.3, 0.4) is 0 Å². The van der Waals surface area contributed by atoms with E-state index in [2.05, 4.69) is 25.2 Å². The molecule has 0 radical (unpaired) electrons. The normalized spacial score (nSPS) is 25.4. The zero-order chi connectivity index (χ0) is 24.8. The van der Waals surface area contributed by atoms with Crippen LogP contribution in [0.25, 0.3) is 22.2 Å². The number of hydrogen-bond donors (Lipinski definition) is 2. The Morgan fingerprint density at radius 1 is 1.26 bits per heavy atom. The minimum Gasteiger partial charge on any atom is -0.486 e. The van der Waals surface area contributed by atoms with E-state index in [0.29, 0.717) is 12.4 Å². The highest BCUT2D eigenvalue weighted by Gasteiger charge is 2.47. The summed E-state index contributed by atoms with van der Waals surface area (Å²) >= 11 is 6.67. The number of nitrogens with two attached hydrogens (primary N) is 1. The molecule has 3 aromatic rings. The monoisotopic (exact) mass is 508 g/mol. The molecule has 4 atom stereocenters.